The molecule has 0 aliphatic carbocycles. The van der Waals surface area contributed by atoms with Crippen LogP contribution in [0.5, 0.6) is 46.0 Å². The highest BCUT2D eigenvalue weighted by atomic mass is 35.5. The second-order valence-electron chi connectivity index (χ2n) is 29.4. The highest BCUT2D eigenvalue weighted by Crippen LogP contribution is 2.48. The number of halogens is 1. The highest BCUT2D eigenvalue weighted by molar-refractivity contribution is 6.32. The maximum Gasteiger partial charge on any atom is 0.330 e. The van der Waals surface area contributed by atoms with E-state index in [1.165, 1.54) is 67.7 Å². The molecule has 28 N–H and O–H groups in total. The largest absolute Gasteiger partial charge is 0.508 e. The Kier molecular flexibility index (Phi) is 27.8. The van der Waals surface area contributed by atoms with Crippen LogP contribution in [0.1, 0.15) is 125 Å². The lowest BCUT2D eigenvalue weighted by Crippen LogP contribution is -2.61. The summed E-state index contributed by atoms with van der Waals surface area (Å²) in [6, 6.07) is 5.66. The molecular formula is C74H96ClN11O27. The molecule has 5 aromatic carbocycles. The second kappa shape index (κ2) is 36.1. The van der Waals surface area contributed by atoms with Gasteiger partial charge < -0.3 is 155 Å². The summed E-state index contributed by atoms with van der Waals surface area (Å²) in [7, 11) is 1.53. The molecule has 6 bridgehead atoms. The molecule has 0 radical (unpaired) electrons. The summed E-state index contributed by atoms with van der Waals surface area (Å²) in [5.41, 5.74) is 27.3. The lowest BCUT2D eigenvalue weighted by Gasteiger charge is -2.45. The van der Waals surface area contributed by atoms with Gasteiger partial charge in [0.2, 0.25) is 53.4 Å². The number of aliphatic hydroxyl groups excluding tert-OH is 6. The quantitative estimate of drug-likeness (QED) is 0.0450. The number of fused-ring (bicyclic) bond motifs is 13. The van der Waals surface area contributed by atoms with Crippen LogP contribution < -0.4 is 70.0 Å². The number of aliphatic carboxylic acids is 1. The van der Waals surface area contributed by atoms with Crippen LogP contribution in [-0.4, -0.2) is 226 Å². The number of aliphatic hydroxyl groups is 6. The van der Waals surface area contributed by atoms with Crippen LogP contribution in [0.4, 0.5) is 0 Å². The van der Waals surface area contributed by atoms with E-state index in [4.69, 9.17) is 73.4 Å². The van der Waals surface area contributed by atoms with E-state index in [-0.39, 0.29) is 74.2 Å². The van der Waals surface area contributed by atoms with E-state index in [9.17, 15) is 99.6 Å². The van der Waals surface area contributed by atoms with Crippen molar-refractivity contribution in [1.29, 1.82) is 0 Å². The van der Waals surface area contributed by atoms with Crippen molar-refractivity contribution in [2.45, 2.75) is 194 Å². The van der Waals surface area contributed by atoms with Gasteiger partial charge in [0, 0.05) is 46.7 Å². The number of nitrogens with two attached hydrogens (primary N) is 5. The first kappa shape index (κ1) is 87.1. The Hall–Kier alpha value is -9.85. The highest BCUT2D eigenvalue weighted by Gasteiger charge is 2.50. The van der Waals surface area contributed by atoms with Crippen LogP contribution in [0.25, 0.3) is 11.1 Å². The number of carbonyl (C=O) groups is 8. The summed E-state index contributed by atoms with van der Waals surface area (Å²) in [5.74, 6) is -13.8. The zero-order valence-corrected chi connectivity index (χ0v) is 63.0. The topological polar surface area (TPSA) is 646 Å². The number of likely N-dealkylation sites (N-methyl/N-ethyl adjacent to an activating group) is 1. The van der Waals surface area contributed by atoms with E-state index >= 15 is 0 Å². The zero-order chi connectivity index (χ0) is 83.3. The monoisotopic (exact) mass is 1610 g/mol. The Morgan fingerprint density at radius 1 is 0.690 bits per heavy atom. The van der Waals surface area contributed by atoms with Gasteiger partial charge in [-0.05, 0) is 124 Å². The lowest BCUT2D eigenvalue weighted by molar-refractivity contribution is -0.288. The molecule has 6 aliphatic heterocycles. The molecule has 5 aromatic rings. The third kappa shape index (κ3) is 20.2. The van der Waals surface area contributed by atoms with E-state index < -0.39 is 235 Å². The van der Waals surface area contributed by atoms with Crippen molar-refractivity contribution in [3.63, 3.8) is 0 Å². The molecule has 6 heterocycles. The number of rotatable bonds is 19. The molecule has 39 heteroatoms. The minimum absolute atomic E-state index is 0.0178. The Morgan fingerprint density at radius 2 is 1.32 bits per heavy atom. The number of carbonyl (C=O) groups excluding carboxylic acids is 7. The smallest absolute Gasteiger partial charge is 0.330 e. The second-order valence-corrected chi connectivity index (χ2v) is 29.8. The molecule has 22 atom stereocenters. The summed E-state index contributed by atoms with van der Waals surface area (Å²) in [4.78, 5) is 107. The molecule has 38 nitrogen and oxygen atoms in total. The SMILES string of the molecule is CC1OC(O[C@H](c2ccc(O)cc2)[C@H]2NC(=O)[C@H](N)c3ccc(O)c(c3)-c3c(O)cc(O)cc3[C@@H](C(=O)O)NC2=O)CC(C)(N)C1O.CN[C@H](CC(C)C)C(=O)N[C@H]1C(=O)N[C@@H](CC(N)=O)C(=O)N[C@@H](C(N)=O)c2cc(O)c(OC3OC(CO)C(O)C(O)C3COC3CC(C)(N)C(O)C(C)O3)c(c2)Oc2ccc(cc2Cl)[C@H]1O. The maximum atomic E-state index is 14.2. The number of amides is 7. The van der Waals surface area contributed by atoms with Crippen LogP contribution in [0.15, 0.2) is 84.9 Å². The third-order valence-electron chi connectivity index (χ3n) is 20.0. The molecule has 3 saturated heterocycles. The number of phenols is 5. The van der Waals surface area contributed by atoms with E-state index in [1.807, 2.05) is 13.8 Å². The normalized spacial score (nSPS) is 30.6. The molecule has 0 saturated carbocycles. The fourth-order valence-electron chi connectivity index (χ4n) is 13.8. The molecule has 0 spiro atoms. The van der Waals surface area contributed by atoms with Gasteiger partial charge in [-0.25, -0.2) is 4.79 Å². The summed E-state index contributed by atoms with van der Waals surface area (Å²) >= 11 is 6.72. The summed E-state index contributed by atoms with van der Waals surface area (Å²) in [5, 5.41) is 144. The Balaban J connectivity index is 0.000000274. The molecular weight excluding hydrogens is 1510 g/mol. The summed E-state index contributed by atoms with van der Waals surface area (Å²) < 4.78 is 42.1. The molecule has 616 valence electrons. The van der Waals surface area contributed by atoms with Gasteiger partial charge in [-0.2, -0.15) is 0 Å². The number of hydrogen-bond donors (Lipinski definition) is 23. The van der Waals surface area contributed by atoms with E-state index in [2.05, 4.69) is 31.9 Å². The van der Waals surface area contributed by atoms with Crippen molar-refractivity contribution >= 4 is 58.9 Å². The number of phenolic OH excluding ortho intramolecular Hbond substituents is 5. The predicted molar refractivity (Wildman–Crippen MR) is 394 cm³/mol. The molecule has 0 aromatic heterocycles. The molecule has 3 fully saturated rings. The van der Waals surface area contributed by atoms with Gasteiger partial charge in [0.25, 0.3) is 0 Å². The average Bonchev–Trinajstić information content (AvgIpc) is 0.775. The van der Waals surface area contributed by atoms with Crippen LogP contribution in [0, 0.1) is 11.8 Å². The van der Waals surface area contributed by atoms with Crippen LogP contribution in [0.3, 0.4) is 0 Å². The van der Waals surface area contributed by atoms with E-state index in [0.717, 1.165) is 24.3 Å². The Labute approximate surface area is 651 Å². The number of carboxylic acids is 1. The number of nitrogens with one attached hydrogen (secondary N) is 6. The Bertz CT molecular complexity index is 4330. The standard InChI is InChI=1S/C42H60ClN7O16.C32H36N4O11/c1-16(2)8-22(47-5)38(59)50-31-32(54)18-6-7-25(21(43)9-18)64-26-11-19(30(37(45)58)49-39(60)23(12-28(44)53)48-40(31)61)10-24(52)35(26)66-41-20(33(55)34(56)27(14-51)65-41)15-62-29-13-42(4,46)36(57)17(3)63-29;1-13-28(41)32(2,34)12-22(46-13)47-27(14-3-6-16(37)7-4-14)26-30(43)35-25(31(44)45)19-10-17(38)11-21(40)23(19)18-9-15(5-8-20(18)39)24(33)29(42)36-26/h6-7,9-11,16-17,20,22-23,27,29-34,36,41,47,51-52,54-57H,8,12-15,46H2,1-5H3,(H2,44,53)(H2,45,58)(H,48,61)(H,49,60)(H,50,59);3-11,13,22,24-28,37-41H,12,33-34H2,1-2H3,(H,35,43)(H,36,42)(H,44,45)/t17?,20?,22-,23+,27?,29?,30-,31-,32-,33?,34?,36?,41?,42?;13?,22?,24-,25+,26-,27-,28?,32?/m11/s1. The van der Waals surface area contributed by atoms with Crippen molar-refractivity contribution < 1.29 is 133 Å². The van der Waals surface area contributed by atoms with Gasteiger partial charge in [0.1, 0.15) is 83.4 Å². The number of aromatic hydroxyl groups is 5. The van der Waals surface area contributed by atoms with Crippen molar-refractivity contribution in [3.05, 3.63) is 118 Å². The minimum atomic E-state index is -1.94. The van der Waals surface area contributed by atoms with Crippen molar-refractivity contribution in [3.8, 4) is 57.1 Å². The molecule has 113 heavy (non-hydrogen) atoms. The Morgan fingerprint density at radius 3 is 1.91 bits per heavy atom. The number of hydrogen-bond acceptors (Lipinski definition) is 30. The molecule has 7 amide bonds. The van der Waals surface area contributed by atoms with Gasteiger partial charge in [0.15, 0.2) is 30.1 Å². The van der Waals surface area contributed by atoms with Gasteiger partial charge >= 0.3 is 5.97 Å². The summed E-state index contributed by atoms with van der Waals surface area (Å²) in [6.07, 6.45) is -16.0. The number of primary amides is 2. The van der Waals surface area contributed by atoms with Crippen LogP contribution >= 0.6 is 11.6 Å². The minimum Gasteiger partial charge on any atom is -0.508 e. The van der Waals surface area contributed by atoms with E-state index in [1.54, 1.807) is 27.7 Å². The van der Waals surface area contributed by atoms with Crippen LogP contribution in [-0.2, 0) is 62.0 Å². The lowest BCUT2D eigenvalue weighted by atomic mass is 9.86. The van der Waals surface area contributed by atoms with Gasteiger partial charge in [-0.15, -0.1) is 0 Å². The van der Waals surface area contributed by atoms with Gasteiger partial charge in [-0.3, -0.25) is 33.6 Å². The first-order chi connectivity index (χ1) is 53.0. The van der Waals surface area contributed by atoms with Crippen molar-refractivity contribution in [2.24, 2.45) is 40.5 Å². The maximum absolute atomic E-state index is 14.2. The third-order valence-corrected chi connectivity index (χ3v) is 20.3. The molecule has 6 aliphatic rings. The molecule has 13 unspecified atom stereocenters. The zero-order valence-electron chi connectivity index (χ0n) is 62.2. The van der Waals surface area contributed by atoms with Crippen molar-refractivity contribution in [1.82, 2.24) is 31.9 Å². The van der Waals surface area contributed by atoms with Gasteiger partial charge in [-0.1, -0.05) is 49.7 Å². The molecule has 11 rings (SSSR count). The summed E-state index contributed by atoms with van der Waals surface area (Å²) in [6.45, 7) is 8.87. The van der Waals surface area contributed by atoms with Crippen molar-refractivity contribution in [2.75, 3.05) is 20.3 Å². The van der Waals surface area contributed by atoms with Crippen LogP contribution in [0.2, 0.25) is 5.02 Å². The average molecular weight is 1610 g/mol. The fourth-order valence-corrected chi connectivity index (χ4v) is 14.1. The number of benzene rings is 5. The first-order valence-corrected chi connectivity index (χ1v) is 36.2. The first-order valence-electron chi connectivity index (χ1n) is 35.8. The number of ether oxygens (including phenoxy) is 7. The van der Waals surface area contributed by atoms with Gasteiger partial charge in [0.05, 0.1) is 67.1 Å². The number of carboxylic acid groups (broad SMARTS) is 1. The fraction of sp³-hybridized carbons (Fsp3) is 0.486. The van der Waals surface area contributed by atoms with E-state index in [0.29, 0.717) is 6.42 Å². The predicted octanol–water partition coefficient (Wildman–Crippen LogP) is -1.44.